The molecule has 0 bridgehead atoms. The number of amides is 2. The summed E-state index contributed by atoms with van der Waals surface area (Å²) in [7, 11) is -0.731. The fraction of sp³-hybridized carbons (Fsp3) is 0.310. The third kappa shape index (κ3) is 7.35. The van der Waals surface area contributed by atoms with Crippen molar-refractivity contribution in [1.82, 2.24) is 10.2 Å². The van der Waals surface area contributed by atoms with Crippen LogP contribution in [0.5, 0.6) is 5.75 Å². The van der Waals surface area contributed by atoms with Gasteiger partial charge in [-0.15, -0.1) is 0 Å². The van der Waals surface area contributed by atoms with Crippen molar-refractivity contribution in [3.05, 3.63) is 95.1 Å². The Morgan fingerprint density at radius 3 is 2.21 bits per heavy atom. The van der Waals surface area contributed by atoms with Gasteiger partial charge in [0.2, 0.25) is 21.8 Å². The summed E-state index contributed by atoms with van der Waals surface area (Å²) in [5, 5.41) is 2.67. The van der Waals surface area contributed by atoms with Gasteiger partial charge in [-0.1, -0.05) is 48.5 Å². The molecular formula is C29H35N3O5S. The van der Waals surface area contributed by atoms with Crippen LogP contribution in [0.15, 0.2) is 72.8 Å². The lowest BCUT2D eigenvalue weighted by atomic mass is 10.0. The fourth-order valence-electron chi connectivity index (χ4n) is 4.18. The van der Waals surface area contributed by atoms with E-state index in [1.54, 1.807) is 37.4 Å². The maximum absolute atomic E-state index is 13.9. The molecule has 1 N–H and O–H groups in total. The van der Waals surface area contributed by atoms with Crippen molar-refractivity contribution in [1.29, 1.82) is 0 Å². The summed E-state index contributed by atoms with van der Waals surface area (Å²) < 4.78 is 32.1. The molecule has 8 nitrogen and oxygen atoms in total. The molecule has 0 fully saturated rings. The molecular weight excluding hydrogens is 502 g/mol. The number of methoxy groups -OCH3 is 1. The molecule has 0 saturated carbocycles. The van der Waals surface area contributed by atoms with Gasteiger partial charge in [0.25, 0.3) is 0 Å². The van der Waals surface area contributed by atoms with Gasteiger partial charge in [0.05, 0.1) is 19.1 Å². The first-order chi connectivity index (χ1) is 18.0. The standard InChI is InChI=1S/C29H35N3O5S/c1-21-14-15-25(16-22(21)2)32(38(5,35)36)20-28(33)31(19-24-12-9-13-26(17-24)37-4)27(29(34)30-3)18-23-10-7-6-8-11-23/h6-17,27H,18-20H2,1-5H3,(H,30,34)/t27-/m0/s1. The SMILES string of the molecule is CNC(=O)[C@H](Cc1ccccc1)N(Cc1cccc(OC)c1)C(=O)CN(c1ccc(C)c(C)c1)S(C)(=O)=O. The number of sulfonamides is 1. The van der Waals surface area contributed by atoms with Crippen LogP contribution in [0.25, 0.3) is 0 Å². The van der Waals surface area contributed by atoms with Crippen molar-refractivity contribution in [2.45, 2.75) is 32.9 Å². The maximum Gasteiger partial charge on any atom is 0.244 e. The normalized spacial score (nSPS) is 11.9. The van der Waals surface area contributed by atoms with Gasteiger partial charge in [-0.05, 0) is 60.4 Å². The lowest BCUT2D eigenvalue weighted by molar-refractivity contribution is -0.139. The van der Waals surface area contributed by atoms with Crippen molar-refractivity contribution >= 4 is 27.5 Å². The van der Waals surface area contributed by atoms with E-state index in [-0.39, 0.29) is 18.9 Å². The number of rotatable bonds is 11. The van der Waals surface area contributed by atoms with E-state index in [0.29, 0.717) is 11.4 Å². The minimum Gasteiger partial charge on any atom is -0.497 e. The van der Waals surface area contributed by atoms with Crippen LogP contribution in [0.3, 0.4) is 0 Å². The molecule has 0 heterocycles. The van der Waals surface area contributed by atoms with E-state index in [0.717, 1.165) is 32.8 Å². The molecule has 0 aliphatic carbocycles. The summed E-state index contributed by atoms with van der Waals surface area (Å²) in [6.45, 7) is 3.46. The molecule has 202 valence electrons. The number of nitrogens with zero attached hydrogens (tertiary/aromatic N) is 2. The van der Waals surface area contributed by atoms with Crippen LogP contribution in [0.1, 0.15) is 22.3 Å². The number of likely N-dealkylation sites (N-methyl/N-ethyl adjacent to an activating group) is 1. The number of carbonyl (C=O) groups excluding carboxylic acids is 2. The zero-order valence-electron chi connectivity index (χ0n) is 22.5. The highest BCUT2D eigenvalue weighted by molar-refractivity contribution is 7.92. The van der Waals surface area contributed by atoms with Gasteiger partial charge in [0.15, 0.2) is 0 Å². The van der Waals surface area contributed by atoms with Crippen molar-refractivity contribution in [2.24, 2.45) is 0 Å². The molecule has 1 atom stereocenters. The molecule has 0 unspecified atom stereocenters. The Kier molecular flexibility index (Phi) is 9.52. The Bertz CT molecular complexity index is 1380. The number of hydrogen-bond donors (Lipinski definition) is 1. The Hall–Kier alpha value is -3.85. The van der Waals surface area contributed by atoms with Gasteiger partial charge in [-0.3, -0.25) is 13.9 Å². The van der Waals surface area contributed by atoms with Crippen LogP contribution >= 0.6 is 0 Å². The second-order valence-electron chi connectivity index (χ2n) is 9.23. The first-order valence-electron chi connectivity index (χ1n) is 12.3. The number of hydrogen-bond acceptors (Lipinski definition) is 5. The molecule has 9 heteroatoms. The Labute approximate surface area is 225 Å². The quantitative estimate of drug-likeness (QED) is 0.404. The Morgan fingerprint density at radius 1 is 0.921 bits per heavy atom. The van der Waals surface area contributed by atoms with E-state index < -0.39 is 28.5 Å². The first-order valence-corrected chi connectivity index (χ1v) is 14.1. The maximum atomic E-state index is 13.9. The summed E-state index contributed by atoms with van der Waals surface area (Å²) in [6, 6.07) is 21.0. The van der Waals surface area contributed by atoms with E-state index in [9.17, 15) is 18.0 Å². The molecule has 3 rings (SSSR count). The minimum atomic E-state index is -3.80. The number of ether oxygens (including phenoxy) is 1. The zero-order chi connectivity index (χ0) is 27.9. The molecule has 0 aliphatic heterocycles. The van der Waals surface area contributed by atoms with Crippen LogP contribution in [-0.4, -0.2) is 58.1 Å². The van der Waals surface area contributed by atoms with Gasteiger partial charge in [-0.25, -0.2) is 8.42 Å². The van der Waals surface area contributed by atoms with Gasteiger partial charge >= 0.3 is 0 Å². The number of benzene rings is 3. The van der Waals surface area contributed by atoms with Crippen molar-refractivity contribution in [3.63, 3.8) is 0 Å². The highest BCUT2D eigenvalue weighted by Gasteiger charge is 2.32. The molecule has 3 aromatic rings. The summed E-state index contributed by atoms with van der Waals surface area (Å²) >= 11 is 0. The van der Waals surface area contributed by atoms with Crippen LogP contribution in [0.4, 0.5) is 5.69 Å². The number of nitrogens with one attached hydrogen (secondary N) is 1. The van der Waals surface area contributed by atoms with E-state index in [1.807, 2.05) is 56.3 Å². The third-order valence-electron chi connectivity index (χ3n) is 6.46. The van der Waals surface area contributed by atoms with Gasteiger partial charge in [0.1, 0.15) is 18.3 Å². The first kappa shape index (κ1) is 28.7. The van der Waals surface area contributed by atoms with Gasteiger partial charge in [-0.2, -0.15) is 0 Å². The topological polar surface area (TPSA) is 96.0 Å². The number of aryl methyl sites for hydroxylation is 2. The molecule has 0 aliphatic rings. The highest BCUT2D eigenvalue weighted by atomic mass is 32.2. The molecule has 0 aromatic heterocycles. The molecule has 38 heavy (non-hydrogen) atoms. The Morgan fingerprint density at radius 2 is 1.61 bits per heavy atom. The summed E-state index contributed by atoms with van der Waals surface area (Å²) in [6.07, 6.45) is 1.33. The highest BCUT2D eigenvalue weighted by Crippen LogP contribution is 2.23. The predicted molar refractivity (Wildman–Crippen MR) is 150 cm³/mol. The lowest BCUT2D eigenvalue weighted by Crippen LogP contribution is -2.52. The van der Waals surface area contributed by atoms with Crippen LogP contribution < -0.4 is 14.4 Å². The third-order valence-corrected chi connectivity index (χ3v) is 7.60. The molecule has 0 radical (unpaired) electrons. The molecule has 3 aromatic carbocycles. The minimum absolute atomic E-state index is 0.0888. The summed E-state index contributed by atoms with van der Waals surface area (Å²) in [4.78, 5) is 28.5. The largest absolute Gasteiger partial charge is 0.497 e. The second kappa shape index (κ2) is 12.6. The number of anilines is 1. The lowest BCUT2D eigenvalue weighted by Gasteiger charge is -2.33. The van der Waals surface area contributed by atoms with Crippen LogP contribution in [-0.2, 0) is 32.6 Å². The van der Waals surface area contributed by atoms with Crippen molar-refractivity contribution in [3.8, 4) is 5.75 Å². The zero-order valence-corrected chi connectivity index (χ0v) is 23.3. The Balaban J connectivity index is 2.04. The van der Waals surface area contributed by atoms with E-state index in [2.05, 4.69) is 5.32 Å². The average Bonchev–Trinajstić information content (AvgIpc) is 2.90. The summed E-state index contributed by atoms with van der Waals surface area (Å²) in [5.41, 5.74) is 3.93. The van der Waals surface area contributed by atoms with Crippen LogP contribution in [0.2, 0.25) is 0 Å². The van der Waals surface area contributed by atoms with Crippen molar-refractivity contribution < 1.29 is 22.7 Å². The molecule has 2 amide bonds. The smallest absolute Gasteiger partial charge is 0.244 e. The fourth-order valence-corrected chi connectivity index (χ4v) is 5.02. The van der Waals surface area contributed by atoms with Crippen LogP contribution in [0, 0.1) is 13.8 Å². The number of carbonyl (C=O) groups is 2. The van der Waals surface area contributed by atoms with Gasteiger partial charge < -0.3 is 15.0 Å². The summed E-state index contributed by atoms with van der Waals surface area (Å²) in [5.74, 6) is -0.231. The van der Waals surface area contributed by atoms with Crippen molar-refractivity contribution in [2.75, 3.05) is 31.3 Å². The predicted octanol–water partition coefficient (Wildman–Crippen LogP) is 3.46. The van der Waals surface area contributed by atoms with E-state index in [1.165, 1.54) is 11.9 Å². The average molecular weight is 538 g/mol. The van der Waals surface area contributed by atoms with E-state index >= 15 is 0 Å². The second-order valence-corrected chi connectivity index (χ2v) is 11.1. The van der Waals surface area contributed by atoms with E-state index in [4.69, 9.17) is 4.74 Å². The van der Waals surface area contributed by atoms with Gasteiger partial charge in [0, 0.05) is 20.0 Å². The monoisotopic (exact) mass is 537 g/mol. The molecule has 0 saturated heterocycles. The molecule has 0 spiro atoms.